The Bertz CT molecular complexity index is 96.9. The van der Waals surface area contributed by atoms with E-state index in [0.717, 1.165) is 12.8 Å². The van der Waals surface area contributed by atoms with Crippen molar-refractivity contribution in [2.24, 2.45) is 5.92 Å². The van der Waals surface area contributed by atoms with Gasteiger partial charge < -0.3 is 5.11 Å². The molecule has 10 heavy (non-hydrogen) atoms. The van der Waals surface area contributed by atoms with Crippen molar-refractivity contribution in [1.29, 1.82) is 0 Å². The van der Waals surface area contributed by atoms with Gasteiger partial charge in [0.1, 0.15) is 0 Å². The van der Waals surface area contributed by atoms with Crippen molar-refractivity contribution in [3.05, 3.63) is 12.2 Å². The van der Waals surface area contributed by atoms with Crippen molar-refractivity contribution in [3.8, 4) is 0 Å². The Morgan fingerprint density at radius 2 is 2.10 bits per heavy atom. The number of hydrogen-bond acceptors (Lipinski definition) is 1. The van der Waals surface area contributed by atoms with E-state index in [9.17, 15) is 5.11 Å². The number of aliphatic hydroxyl groups is 1. The minimum Gasteiger partial charge on any atom is -0.393 e. The molecular weight excluding hydrogens is 124 g/mol. The van der Waals surface area contributed by atoms with Crippen LogP contribution < -0.4 is 0 Å². The monoisotopic (exact) mass is 142 g/mol. The minimum atomic E-state index is -0.129. The largest absolute Gasteiger partial charge is 0.393 e. The summed E-state index contributed by atoms with van der Waals surface area (Å²) in [5, 5.41) is 9.32. The number of rotatable bonds is 4. The summed E-state index contributed by atoms with van der Waals surface area (Å²) in [6, 6.07) is 0. The standard InChI is InChI=1S/C9H18O/c1-4-6-7-8(3)9(10)5-2/h4,6,8-10H,5,7H2,1-3H3/b6-4+/t8-,9-/m1/s1. The van der Waals surface area contributed by atoms with Crippen LogP contribution in [0.15, 0.2) is 12.2 Å². The molecule has 0 heterocycles. The molecule has 0 aromatic rings. The van der Waals surface area contributed by atoms with Crippen molar-refractivity contribution < 1.29 is 5.11 Å². The summed E-state index contributed by atoms with van der Waals surface area (Å²) in [7, 11) is 0. The molecule has 0 fully saturated rings. The highest BCUT2D eigenvalue weighted by molar-refractivity contribution is 4.80. The number of hydrogen-bond donors (Lipinski definition) is 1. The second-order valence-corrected chi connectivity index (χ2v) is 2.76. The first-order valence-electron chi connectivity index (χ1n) is 4.01. The van der Waals surface area contributed by atoms with Crippen LogP contribution in [0.2, 0.25) is 0 Å². The Balaban J connectivity index is 3.50. The van der Waals surface area contributed by atoms with Gasteiger partial charge in [-0.25, -0.2) is 0 Å². The highest BCUT2D eigenvalue weighted by Crippen LogP contribution is 2.11. The maximum absolute atomic E-state index is 9.32. The van der Waals surface area contributed by atoms with Gasteiger partial charge in [-0.05, 0) is 25.7 Å². The normalized spacial score (nSPS) is 17.6. The molecule has 0 saturated carbocycles. The van der Waals surface area contributed by atoms with Crippen molar-refractivity contribution in [1.82, 2.24) is 0 Å². The zero-order valence-corrected chi connectivity index (χ0v) is 7.17. The fourth-order valence-electron chi connectivity index (χ4n) is 0.910. The smallest absolute Gasteiger partial charge is 0.0566 e. The third-order valence-corrected chi connectivity index (χ3v) is 1.82. The molecule has 0 aliphatic carbocycles. The second-order valence-electron chi connectivity index (χ2n) is 2.76. The van der Waals surface area contributed by atoms with Crippen LogP contribution in [-0.4, -0.2) is 11.2 Å². The number of allylic oxidation sites excluding steroid dienone is 2. The molecule has 0 aliphatic heterocycles. The first-order chi connectivity index (χ1) is 4.72. The summed E-state index contributed by atoms with van der Waals surface area (Å²) in [6.45, 7) is 6.09. The van der Waals surface area contributed by atoms with Crippen LogP contribution in [0.1, 0.15) is 33.6 Å². The zero-order chi connectivity index (χ0) is 7.98. The SMILES string of the molecule is C/C=C/C[C@@H](C)[C@H](O)CC. The Labute approximate surface area is 63.8 Å². The molecule has 0 radical (unpaired) electrons. The lowest BCUT2D eigenvalue weighted by molar-refractivity contribution is 0.114. The van der Waals surface area contributed by atoms with Gasteiger partial charge in [-0.2, -0.15) is 0 Å². The summed E-state index contributed by atoms with van der Waals surface area (Å²) in [6.07, 6.45) is 5.85. The van der Waals surface area contributed by atoms with Gasteiger partial charge in [-0.1, -0.05) is 26.0 Å². The van der Waals surface area contributed by atoms with Gasteiger partial charge >= 0.3 is 0 Å². The van der Waals surface area contributed by atoms with Crippen LogP contribution in [0.5, 0.6) is 0 Å². The molecule has 0 rings (SSSR count). The molecule has 0 spiro atoms. The van der Waals surface area contributed by atoms with Crippen LogP contribution in [0.3, 0.4) is 0 Å². The molecular formula is C9H18O. The molecule has 0 amide bonds. The lowest BCUT2D eigenvalue weighted by Crippen LogP contribution is -2.15. The van der Waals surface area contributed by atoms with Gasteiger partial charge in [-0.15, -0.1) is 0 Å². The predicted octanol–water partition coefficient (Wildman–Crippen LogP) is 2.36. The quantitative estimate of drug-likeness (QED) is 0.597. The molecule has 1 nitrogen and oxygen atoms in total. The van der Waals surface area contributed by atoms with Crippen LogP contribution in [0, 0.1) is 5.92 Å². The molecule has 0 unspecified atom stereocenters. The van der Waals surface area contributed by atoms with E-state index in [1.165, 1.54) is 0 Å². The first-order valence-corrected chi connectivity index (χ1v) is 4.01. The molecule has 1 N–H and O–H groups in total. The van der Waals surface area contributed by atoms with Crippen molar-refractivity contribution >= 4 is 0 Å². The lowest BCUT2D eigenvalue weighted by atomic mass is 9.99. The highest BCUT2D eigenvalue weighted by Gasteiger charge is 2.08. The van der Waals surface area contributed by atoms with Crippen molar-refractivity contribution in [2.45, 2.75) is 39.7 Å². The molecule has 1 heteroatoms. The number of aliphatic hydroxyl groups excluding tert-OH is 1. The Kier molecular flexibility index (Phi) is 5.32. The van der Waals surface area contributed by atoms with Gasteiger partial charge in [0.2, 0.25) is 0 Å². The predicted molar refractivity (Wildman–Crippen MR) is 44.9 cm³/mol. The van der Waals surface area contributed by atoms with E-state index in [-0.39, 0.29) is 6.10 Å². The summed E-state index contributed by atoms with van der Waals surface area (Å²) in [5.41, 5.74) is 0. The van der Waals surface area contributed by atoms with Crippen molar-refractivity contribution in [2.75, 3.05) is 0 Å². The Hall–Kier alpha value is -0.300. The molecule has 0 bridgehead atoms. The minimum absolute atomic E-state index is 0.129. The highest BCUT2D eigenvalue weighted by atomic mass is 16.3. The van der Waals surface area contributed by atoms with E-state index in [1.54, 1.807) is 0 Å². The molecule has 2 atom stereocenters. The Morgan fingerprint density at radius 1 is 1.50 bits per heavy atom. The van der Waals surface area contributed by atoms with E-state index in [2.05, 4.69) is 13.0 Å². The van der Waals surface area contributed by atoms with E-state index in [1.807, 2.05) is 19.9 Å². The summed E-state index contributed by atoms with van der Waals surface area (Å²) >= 11 is 0. The van der Waals surface area contributed by atoms with Crippen LogP contribution in [0.4, 0.5) is 0 Å². The zero-order valence-electron chi connectivity index (χ0n) is 7.17. The van der Waals surface area contributed by atoms with Gasteiger partial charge in [0, 0.05) is 0 Å². The third kappa shape index (κ3) is 3.67. The second kappa shape index (κ2) is 5.48. The summed E-state index contributed by atoms with van der Waals surface area (Å²) in [5.74, 6) is 0.404. The van der Waals surface area contributed by atoms with Crippen molar-refractivity contribution in [3.63, 3.8) is 0 Å². The lowest BCUT2D eigenvalue weighted by Gasteiger charge is -2.14. The van der Waals surface area contributed by atoms with Gasteiger partial charge in [0.05, 0.1) is 6.10 Å². The average molecular weight is 142 g/mol. The molecule has 0 saturated heterocycles. The maximum atomic E-state index is 9.32. The summed E-state index contributed by atoms with van der Waals surface area (Å²) in [4.78, 5) is 0. The van der Waals surface area contributed by atoms with E-state index in [0.29, 0.717) is 5.92 Å². The average Bonchev–Trinajstić information content (AvgIpc) is 1.98. The van der Waals surface area contributed by atoms with E-state index in [4.69, 9.17) is 0 Å². The fourth-order valence-corrected chi connectivity index (χ4v) is 0.910. The fraction of sp³-hybridized carbons (Fsp3) is 0.778. The Morgan fingerprint density at radius 3 is 2.50 bits per heavy atom. The van der Waals surface area contributed by atoms with Crippen LogP contribution in [-0.2, 0) is 0 Å². The third-order valence-electron chi connectivity index (χ3n) is 1.82. The van der Waals surface area contributed by atoms with E-state index < -0.39 is 0 Å². The van der Waals surface area contributed by atoms with Gasteiger partial charge in [-0.3, -0.25) is 0 Å². The molecule has 0 aromatic carbocycles. The van der Waals surface area contributed by atoms with Gasteiger partial charge in [0.15, 0.2) is 0 Å². The topological polar surface area (TPSA) is 20.2 Å². The maximum Gasteiger partial charge on any atom is 0.0566 e. The molecule has 0 aromatic heterocycles. The summed E-state index contributed by atoms with van der Waals surface area (Å²) < 4.78 is 0. The van der Waals surface area contributed by atoms with Crippen LogP contribution in [0.25, 0.3) is 0 Å². The van der Waals surface area contributed by atoms with Crippen LogP contribution >= 0.6 is 0 Å². The van der Waals surface area contributed by atoms with Gasteiger partial charge in [0.25, 0.3) is 0 Å². The first kappa shape index (κ1) is 9.70. The van der Waals surface area contributed by atoms with E-state index >= 15 is 0 Å². The molecule has 0 aliphatic rings. The molecule has 60 valence electrons.